The summed E-state index contributed by atoms with van der Waals surface area (Å²) in [6.07, 6.45) is 1.58. The molecule has 1 saturated carbocycles. The molecule has 0 bridgehead atoms. The largest absolute Gasteiger partial charge is 0.458 e. The minimum absolute atomic E-state index is 0.225. The first kappa shape index (κ1) is 9.52. The lowest BCUT2D eigenvalue weighted by Gasteiger charge is -2.22. The van der Waals surface area contributed by atoms with Crippen molar-refractivity contribution in [2.45, 2.75) is 44.8 Å². The van der Waals surface area contributed by atoms with Crippen molar-refractivity contribution < 1.29 is 14.3 Å². The van der Waals surface area contributed by atoms with Gasteiger partial charge in [0.25, 0.3) is 0 Å². The van der Waals surface area contributed by atoms with E-state index in [9.17, 15) is 4.79 Å². The van der Waals surface area contributed by atoms with E-state index in [1.54, 1.807) is 7.11 Å². The predicted octanol–water partition coefficient (Wildman–Crippen LogP) is 1.51. The summed E-state index contributed by atoms with van der Waals surface area (Å²) in [5.74, 6) is -0.225. The molecule has 0 aliphatic heterocycles. The maximum absolute atomic E-state index is 11.4. The van der Waals surface area contributed by atoms with Gasteiger partial charge >= 0.3 is 5.97 Å². The summed E-state index contributed by atoms with van der Waals surface area (Å²) in [6, 6.07) is 0. The average Bonchev–Trinajstić information content (AvgIpc) is 2.62. The molecule has 1 aliphatic rings. The number of carbonyl (C=O) groups is 1. The summed E-state index contributed by atoms with van der Waals surface area (Å²) in [7, 11) is 1.55. The fraction of sp³-hybridized carbons (Fsp3) is 0.889. The third kappa shape index (κ3) is 1.97. The van der Waals surface area contributed by atoms with Crippen LogP contribution in [0.5, 0.6) is 0 Å². The third-order valence-corrected chi connectivity index (χ3v) is 1.87. The van der Waals surface area contributed by atoms with Gasteiger partial charge in [-0.1, -0.05) is 0 Å². The summed E-state index contributed by atoms with van der Waals surface area (Å²) < 4.78 is 10.3. The van der Waals surface area contributed by atoms with Crippen LogP contribution in [0, 0.1) is 0 Å². The first-order chi connectivity index (χ1) is 5.40. The first-order valence-electron chi connectivity index (χ1n) is 4.18. The van der Waals surface area contributed by atoms with Gasteiger partial charge in [0, 0.05) is 7.11 Å². The molecule has 0 radical (unpaired) electrons. The second-order valence-corrected chi connectivity index (χ2v) is 4.20. The van der Waals surface area contributed by atoms with Gasteiger partial charge in [-0.25, -0.2) is 4.79 Å². The fourth-order valence-corrected chi connectivity index (χ4v) is 0.976. The molecule has 3 heteroatoms. The number of hydrogen-bond donors (Lipinski definition) is 0. The molecule has 0 amide bonds. The van der Waals surface area contributed by atoms with Crippen molar-refractivity contribution in [3.8, 4) is 0 Å². The maximum Gasteiger partial charge on any atom is 0.338 e. The van der Waals surface area contributed by atoms with Crippen molar-refractivity contribution in [3.63, 3.8) is 0 Å². The topological polar surface area (TPSA) is 35.5 Å². The Bertz CT molecular complexity index is 186. The molecule has 0 aromatic rings. The SMILES string of the molecule is COC1(C(=O)OC(C)(C)C)CC1. The molecule has 0 aromatic carbocycles. The van der Waals surface area contributed by atoms with Gasteiger partial charge in [-0.05, 0) is 33.6 Å². The minimum Gasteiger partial charge on any atom is -0.458 e. The smallest absolute Gasteiger partial charge is 0.338 e. The van der Waals surface area contributed by atoms with Crippen LogP contribution < -0.4 is 0 Å². The molecule has 0 atom stereocenters. The molecular weight excluding hydrogens is 156 g/mol. The van der Waals surface area contributed by atoms with Crippen LogP contribution in [0.4, 0.5) is 0 Å². The van der Waals surface area contributed by atoms with Crippen LogP contribution >= 0.6 is 0 Å². The number of hydrogen-bond acceptors (Lipinski definition) is 3. The molecule has 1 rings (SSSR count). The molecule has 0 spiro atoms. The van der Waals surface area contributed by atoms with Crippen LogP contribution in [0.3, 0.4) is 0 Å². The molecule has 70 valence electrons. The highest BCUT2D eigenvalue weighted by molar-refractivity contribution is 5.83. The van der Waals surface area contributed by atoms with Crippen molar-refractivity contribution in [2.75, 3.05) is 7.11 Å². The molecule has 3 nitrogen and oxygen atoms in total. The van der Waals surface area contributed by atoms with Crippen LogP contribution in [0.1, 0.15) is 33.6 Å². The van der Waals surface area contributed by atoms with Crippen molar-refractivity contribution >= 4 is 5.97 Å². The van der Waals surface area contributed by atoms with Gasteiger partial charge < -0.3 is 9.47 Å². The highest BCUT2D eigenvalue weighted by Gasteiger charge is 2.53. The molecule has 1 aliphatic carbocycles. The van der Waals surface area contributed by atoms with E-state index in [2.05, 4.69) is 0 Å². The average molecular weight is 172 g/mol. The van der Waals surface area contributed by atoms with Gasteiger partial charge in [0.2, 0.25) is 0 Å². The monoisotopic (exact) mass is 172 g/mol. The number of esters is 1. The summed E-state index contributed by atoms with van der Waals surface area (Å²) in [4.78, 5) is 11.4. The van der Waals surface area contributed by atoms with Gasteiger partial charge in [-0.15, -0.1) is 0 Å². The summed E-state index contributed by atoms with van der Waals surface area (Å²) >= 11 is 0. The zero-order valence-electron chi connectivity index (χ0n) is 8.14. The first-order valence-corrected chi connectivity index (χ1v) is 4.18. The maximum atomic E-state index is 11.4. The van der Waals surface area contributed by atoms with E-state index >= 15 is 0 Å². The lowest BCUT2D eigenvalue weighted by Crippen LogP contribution is -2.34. The van der Waals surface area contributed by atoms with Crippen LogP contribution in [0.2, 0.25) is 0 Å². The Morgan fingerprint density at radius 1 is 1.33 bits per heavy atom. The van der Waals surface area contributed by atoms with E-state index in [0.29, 0.717) is 0 Å². The minimum atomic E-state index is -0.604. The third-order valence-electron chi connectivity index (χ3n) is 1.87. The van der Waals surface area contributed by atoms with Crippen LogP contribution in [0.15, 0.2) is 0 Å². The second kappa shape index (κ2) is 2.73. The molecule has 0 unspecified atom stereocenters. The molecule has 0 heterocycles. The number of carbonyl (C=O) groups excluding carboxylic acids is 1. The van der Waals surface area contributed by atoms with Gasteiger partial charge in [0.15, 0.2) is 5.60 Å². The Morgan fingerprint density at radius 3 is 2.08 bits per heavy atom. The summed E-state index contributed by atoms with van der Waals surface area (Å²) in [6.45, 7) is 5.57. The summed E-state index contributed by atoms with van der Waals surface area (Å²) in [5, 5.41) is 0. The molecule has 0 aromatic heterocycles. The van der Waals surface area contributed by atoms with Crippen molar-refractivity contribution in [1.29, 1.82) is 0 Å². The standard InChI is InChI=1S/C9H16O3/c1-8(2,3)12-7(10)9(11-4)5-6-9/h5-6H2,1-4H3. The van der Waals surface area contributed by atoms with Gasteiger partial charge in [-0.2, -0.15) is 0 Å². The van der Waals surface area contributed by atoms with E-state index < -0.39 is 11.2 Å². The number of methoxy groups -OCH3 is 1. The molecular formula is C9H16O3. The van der Waals surface area contributed by atoms with Gasteiger partial charge in [0.1, 0.15) is 5.60 Å². The number of rotatable bonds is 2. The van der Waals surface area contributed by atoms with Crippen LogP contribution in [0.25, 0.3) is 0 Å². The normalized spacial score (nSPS) is 20.3. The predicted molar refractivity (Wildman–Crippen MR) is 44.8 cm³/mol. The van der Waals surface area contributed by atoms with E-state index in [0.717, 1.165) is 12.8 Å². The number of ether oxygens (including phenoxy) is 2. The lowest BCUT2D eigenvalue weighted by atomic mass is 10.2. The van der Waals surface area contributed by atoms with Gasteiger partial charge in [-0.3, -0.25) is 0 Å². The van der Waals surface area contributed by atoms with Crippen molar-refractivity contribution in [2.24, 2.45) is 0 Å². The van der Waals surface area contributed by atoms with E-state index in [1.165, 1.54) is 0 Å². The highest BCUT2D eigenvalue weighted by Crippen LogP contribution is 2.40. The Morgan fingerprint density at radius 2 is 1.83 bits per heavy atom. The zero-order valence-corrected chi connectivity index (χ0v) is 8.14. The zero-order chi connectivity index (χ0) is 9.41. The van der Waals surface area contributed by atoms with Gasteiger partial charge in [0.05, 0.1) is 0 Å². The van der Waals surface area contributed by atoms with E-state index in [-0.39, 0.29) is 5.97 Å². The Balaban J connectivity index is 2.49. The summed E-state index contributed by atoms with van der Waals surface area (Å²) in [5.41, 5.74) is -1.02. The molecule has 0 N–H and O–H groups in total. The Kier molecular flexibility index (Phi) is 2.17. The van der Waals surface area contributed by atoms with E-state index in [4.69, 9.17) is 9.47 Å². The van der Waals surface area contributed by atoms with Crippen molar-refractivity contribution in [3.05, 3.63) is 0 Å². The van der Waals surface area contributed by atoms with Crippen molar-refractivity contribution in [1.82, 2.24) is 0 Å². The Labute approximate surface area is 73.0 Å². The quantitative estimate of drug-likeness (QED) is 0.592. The van der Waals surface area contributed by atoms with Crippen LogP contribution in [-0.4, -0.2) is 24.3 Å². The van der Waals surface area contributed by atoms with Crippen LogP contribution in [-0.2, 0) is 14.3 Å². The second-order valence-electron chi connectivity index (χ2n) is 4.20. The Hall–Kier alpha value is -0.570. The van der Waals surface area contributed by atoms with E-state index in [1.807, 2.05) is 20.8 Å². The molecule has 12 heavy (non-hydrogen) atoms. The molecule has 0 saturated heterocycles. The lowest BCUT2D eigenvalue weighted by molar-refractivity contribution is -0.169. The highest BCUT2D eigenvalue weighted by atomic mass is 16.6. The molecule has 1 fully saturated rings. The fourth-order valence-electron chi connectivity index (χ4n) is 0.976.